The van der Waals surface area contributed by atoms with Gasteiger partial charge in [-0.1, -0.05) is 30.3 Å². The predicted molar refractivity (Wildman–Crippen MR) is 88.4 cm³/mol. The molecule has 0 unspecified atom stereocenters. The molecule has 1 aromatic rings. The molecule has 7 nitrogen and oxygen atoms in total. The topological polar surface area (TPSA) is 86.3 Å². The fraction of sp³-hybridized carbons (Fsp3) is 0.611. The van der Waals surface area contributed by atoms with Crippen LogP contribution in [0, 0.1) is 0 Å². The second-order valence-corrected chi connectivity index (χ2v) is 6.85. The van der Waals surface area contributed by atoms with Crippen LogP contribution >= 0.6 is 0 Å². The molecule has 2 N–H and O–H groups in total. The van der Waals surface area contributed by atoms with Crippen LogP contribution in [-0.2, 0) is 30.3 Å². The molecule has 7 heteroatoms. The Bertz CT molecular complexity index is 592. The van der Waals surface area contributed by atoms with Crippen LogP contribution in [0.5, 0.6) is 0 Å². The highest BCUT2D eigenvalue weighted by molar-refractivity contribution is 5.73. The van der Waals surface area contributed by atoms with Gasteiger partial charge in [0, 0.05) is 6.92 Å². The third kappa shape index (κ3) is 4.37. The first kappa shape index (κ1) is 18.3. The standard InChI is InChI=1S/C18H25NO6/c1-11(20)19-14-15(21)16-13(10-23-18(2,3)25-16)24-17(14)22-9-12-7-5-4-6-8-12/h4-8,13-17,21H,9-10H2,1-3H3,(H,19,20)/t13-,14-,15-,16-,17+/m0/s1. The minimum Gasteiger partial charge on any atom is -0.388 e. The molecule has 2 aliphatic rings. The van der Waals surface area contributed by atoms with Crippen LogP contribution in [0.1, 0.15) is 26.3 Å². The van der Waals surface area contributed by atoms with Crippen LogP contribution in [-0.4, -0.2) is 54.1 Å². The molecular formula is C18H25NO6. The van der Waals surface area contributed by atoms with Crippen molar-refractivity contribution in [3.8, 4) is 0 Å². The van der Waals surface area contributed by atoms with Crippen molar-refractivity contribution in [3.05, 3.63) is 35.9 Å². The molecule has 0 radical (unpaired) electrons. The molecule has 0 spiro atoms. The Kier molecular flexibility index (Phi) is 5.41. The number of ether oxygens (including phenoxy) is 4. The Morgan fingerprint density at radius 3 is 2.76 bits per heavy atom. The Morgan fingerprint density at radius 2 is 2.08 bits per heavy atom. The maximum atomic E-state index is 11.6. The van der Waals surface area contributed by atoms with Gasteiger partial charge in [-0.3, -0.25) is 4.79 Å². The number of amides is 1. The number of hydrogen-bond acceptors (Lipinski definition) is 6. The summed E-state index contributed by atoms with van der Waals surface area (Å²) in [5, 5.41) is 13.5. The van der Waals surface area contributed by atoms with E-state index in [0.717, 1.165) is 5.56 Å². The van der Waals surface area contributed by atoms with Gasteiger partial charge in [0.2, 0.25) is 5.91 Å². The zero-order valence-corrected chi connectivity index (χ0v) is 14.7. The Hall–Kier alpha value is -1.51. The highest BCUT2D eigenvalue weighted by Gasteiger charge is 2.51. The summed E-state index contributed by atoms with van der Waals surface area (Å²) in [5.74, 6) is -1.09. The van der Waals surface area contributed by atoms with E-state index in [-0.39, 0.29) is 12.5 Å². The fourth-order valence-electron chi connectivity index (χ4n) is 3.13. The third-order valence-corrected chi connectivity index (χ3v) is 4.32. The lowest BCUT2D eigenvalue weighted by Crippen LogP contribution is -2.68. The minimum absolute atomic E-state index is 0.272. The van der Waals surface area contributed by atoms with Crippen molar-refractivity contribution >= 4 is 5.91 Å². The van der Waals surface area contributed by atoms with Gasteiger partial charge in [0.05, 0.1) is 13.2 Å². The number of hydrogen-bond donors (Lipinski definition) is 2. The van der Waals surface area contributed by atoms with Crippen molar-refractivity contribution in [1.82, 2.24) is 5.32 Å². The third-order valence-electron chi connectivity index (χ3n) is 4.32. The van der Waals surface area contributed by atoms with Gasteiger partial charge in [0.1, 0.15) is 24.4 Å². The van der Waals surface area contributed by atoms with Crippen molar-refractivity contribution in [2.24, 2.45) is 0 Å². The molecule has 0 aromatic heterocycles. The van der Waals surface area contributed by atoms with Crippen LogP contribution in [0.4, 0.5) is 0 Å². The number of rotatable bonds is 4. The maximum absolute atomic E-state index is 11.6. The van der Waals surface area contributed by atoms with E-state index < -0.39 is 36.4 Å². The van der Waals surface area contributed by atoms with Crippen LogP contribution in [0.2, 0.25) is 0 Å². The number of benzene rings is 1. The molecule has 0 saturated carbocycles. The quantitative estimate of drug-likeness (QED) is 0.840. The molecule has 5 atom stereocenters. The zero-order valence-electron chi connectivity index (χ0n) is 14.7. The first-order valence-electron chi connectivity index (χ1n) is 8.44. The van der Waals surface area contributed by atoms with Gasteiger partial charge in [0.15, 0.2) is 12.1 Å². The molecule has 2 aliphatic heterocycles. The van der Waals surface area contributed by atoms with Crippen LogP contribution in [0.3, 0.4) is 0 Å². The van der Waals surface area contributed by atoms with Crippen LogP contribution < -0.4 is 5.32 Å². The average molecular weight is 351 g/mol. The second-order valence-electron chi connectivity index (χ2n) is 6.85. The summed E-state index contributed by atoms with van der Waals surface area (Å²) in [4.78, 5) is 11.6. The van der Waals surface area contributed by atoms with E-state index in [1.165, 1.54) is 6.92 Å². The van der Waals surface area contributed by atoms with Crippen molar-refractivity contribution in [3.63, 3.8) is 0 Å². The van der Waals surface area contributed by atoms with E-state index in [9.17, 15) is 9.90 Å². The van der Waals surface area contributed by atoms with Crippen LogP contribution in [0.25, 0.3) is 0 Å². The highest BCUT2D eigenvalue weighted by Crippen LogP contribution is 2.33. The lowest BCUT2D eigenvalue weighted by molar-refractivity contribution is -0.369. The van der Waals surface area contributed by atoms with Crippen molar-refractivity contribution in [1.29, 1.82) is 0 Å². The van der Waals surface area contributed by atoms with Gasteiger partial charge >= 0.3 is 0 Å². The molecule has 1 aromatic carbocycles. The van der Waals surface area contributed by atoms with Crippen molar-refractivity contribution < 1.29 is 28.8 Å². The molecule has 25 heavy (non-hydrogen) atoms. The van der Waals surface area contributed by atoms with Gasteiger partial charge in [-0.05, 0) is 19.4 Å². The largest absolute Gasteiger partial charge is 0.388 e. The average Bonchev–Trinajstić information content (AvgIpc) is 2.57. The Morgan fingerprint density at radius 1 is 1.36 bits per heavy atom. The van der Waals surface area contributed by atoms with E-state index >= 15 is 0 Å². The van der Waals surface area contributed by atoms with E-state index in [2.05, 4.69) is 5.32 Å². The monoisotopic (exact) mass is 351 g/mol. The molecule has 2 saturated heterocycles. The van der Waals surface area contributed by atoms with E-state index in [1.807, 2.05) is 30.3 Å². The molecule has 0 bridgehead atoms. The van der Waals surface area contributed by atoms with E-state index in [0.29, 0.717) is 6.61 Å². The number of carbonyl (C=O) groups excluding carboxylic acids is 1. The molecule has 1 amide bonds. The lowest BCUT2D eigenvalue weighted by Gasteiger charge is -2.49. The molecule has 2 heterocycles. The number of nitrogens with one attached hydrogen (secondary N) is 1. The summed E-state index contributed by atoms with van der Waals surface area (Å²) in [6.07, 6.45) is -2.83. The van der Waals surface area contributed by atoms with Gasteiger partial charge in [0.25, 0.3) is 0 Å². The summed E-state index contributed by atoms with van der Waals surface area (Å²) in [6.45, 7) is 5.54. The van der Waals surface area contributed by atoms with Crippen molar-refractivity contribution in [2.75, 3.05) is 6.61 Å². The first-order valence-corrected chi connectivity index (χ1v) is 8.44. The SMILES string of the molecule is CC(=O)N[C@@H]1[C@H](OCc2ccccc2)O[C@H]2COC(C)(C)O[C@@H]2[C@H]1O. The Labute approximate surface area is 147 Å². The number of carbonyl (C=O) groups is 1. The molecule has 138 valence electrons. The van der Waals surface area contributed by atoms with E-state index in [4.69, 9.17) is 18.9 Å². The van der Waals surface area contributed by atoms with Crippen molar-refractivity contribution in [2.45, 2.75) is 63.8 Å². The summed E-state index contributed by atoms with van der Waals surface area (Å²) < 4.78 is 23.2. The maximum Gasteiger partial charge on any atom is 0.217 e. The Balaban J connectivity index is 1.73. The number of aliphatic hydroxyl groups excluding tert-OH is 1. The normalized spacial score (nSPS) is 34.2. The number of aliphatic hydroxyl groups is 1. The lowest BCUT2D eigenvalue weighted by atomic mass is 9.95. The van der Waals surface area contributed by atoms with Gasteiger partial charge in [-0.15, -0.1) is 0 Å². The van der Waals surface area contributed by atoms with Gasteiger partial charge < -0.3 is 29.4 Å². The van der Waals surface area contributed by atoms with Gasteiger partial charge in [-0.2, -0.15) is 0 Å². The van der Waals surface area contributed by atoms with E-state index in [1.54, 1.807) is 13.8 Å². The summed E-state index contributed by atoms with van der Waals surface area (Å²) >= 11 is 0. The molecule has 0 aliphatic carbocycles. The smallest absolute Gasteiger partial charge is 0.217 e. The highest BCUT2D eigenvalue weighted by atomic mass is 16.8. The second kappa shape index (κ2) is 7.39. The summed E-state index contributed by atoms with van der Waals surface area (Å²) in [5.41, 5.74) is 0.974. The summed E-state index contributed by atoms with van der Waals surface area (Å²) in [7, 11) is 0. The first-order chi connectivity index (χ1) is 11.9. The molecule has 2 fully saturated rings. The predicted octanol–water partition coefficient (Wildman–Crippen LogP) is 0.945. The fourth-order valence-corrected chi connectivity index (χ4v) is 3.13. The molecule has 3 rings (SSSR count). The minimum atomic E-state index is -0.966. The number of fused-ring (bicyclic) bond motifs is 1. The zero-order chi connectivity index (χ0) is 18.0. The van der Waals surface area contributed by atoms with Crippen LogP contribution in [0.15, 0.2) is 30.3 Å². The molecular weight excluding hydrogens is 326 g/mol. The van der Waals surface area contributed by atoms with Gasteiger partial charge in [-0.25, -0.2) is 0 Å². The summed E-state index contributed by atoms with van der Waals surface area (Å²) in [6, 6.07) is 8.91.